The molecule has 0 bridgehead atoms. The molecular weight excluding hydrogens is 1090 g/mol. The maximum Gasteiger partial charge on any atom is 0.269 e. The van der Waals surface area contributed by atoms with Gasteiger partial charge in [0.25, 0.3) is 6.33 Å². The summed E-state index contributed by atoms with van der Waals surface area (Å²) in [6.45, 7) is 6.25. The molecule has 0 unspecified atom stereocenters. The van der Waals surface area contributed by atoms with E-state index in [1.807, 2.05) is 53.1 Å². The van der Waals surface area contributed by atoms with E-state index in [4.69, 9.17) is 17.9 Å². The van der Waals surface area contributed by atoms with Gasteiger partial charge in [-0.25, -0.2) is 4.98 Å². The van der Waals surface area contributed by atoms with Crippen molar-refractivity contribution >= 4 is 61.7 Å². The highest BCUT2D eigenvalue weighted by Crippen LogP contribution is 2.46. The summed E-state index contributed by atoms with van der Waals surface area (Å²) in [7, 11) is -6.57. The summed E-state index contributed by atoms with van der Waals surface area (Å²) in [6, 6.07) is -4.67. The molecule has 12 aromatic carbocycles. The van der Waals surface area contributed by atoms with E-state index in [1.54, 1.807) is 30.5 Å². The molecule has 0 aliphatic carbocycles. The van der Waals surface area contributed by atoms with E-state index in [-0.39, 0.29) is 50.4 Å². The maximum absolute atomic E-state index is 11.0. The number of fused-ring (bicyclic) bond motifs is 10. The van der Waals surface area contributed by atoms with E-state index >= 15 is 0 Å². The van der Waals surface area contributed by atoms with Gasteiger partial charge in [0.15, 0.2) is 8.07 Å². The Balaban J connectivity index is 1.11. The van der Waals surface area contributed by atoms with Gasteiger partial charge in [-0.2, -0.15) is 0 Å². The second kappa shape index (κ2) is 21.2. The lowest BCUT2D eigenvalue weighted by atomic mass is 9.88. The summed E-state index contributed by atoms with van der Waals surface area (Å²) in [5, 5.41) is -2.88. The molecule has 0 saturated heterocycles. The number of nitrogens with zero attached hydrogens (tertiary/aromatic N) is 4. The number of imidazole rings is 1. The first-order valence-corrected chi connectivity index (χ1v) is 29.6. The smallest absolute Gasteiger partial charge is 0.269 e. The van der Waals surface area contributed by atoms with Crippen molar-refractivity contribution in [2.45, 2.75) is 26.2 Å². The molecule has 16 rings (SSSR count). The molecule has 3 aromatic heterocycles. The Bertz CT molecular complexity index is 6890. The van der Waals surface area contributed by atoms with Gasteiger partial charge in [0.05, 0.1) is 77.3 Å². The maximum atomic E-state index is 11.0. The lowest BCUT2D eigenvalue weighted by Crippen LogP contribution is -2.74. The average Bonchev–Trinajstić information content (AvgIpc) is 0.809. The van der Waals surface area contributed by atoms with Crippen molar-refractivity contribution < 1.29 is 53.2 Å². The monoisotopic (exact) mass is 1180 g/mol. The molecule has 4 heterocycles. The summed E-state index contributed by atoms with van der Waals surface area (Å²) in [5.41, 5.74) is -3.63. The number of pyridine rings is 1. The van der Waals surface area contributed by atoms with Crippen LogP contribution in [-0.4, -0.2) is 22.2 Å². The second-order valence-corrected chi connectivity index (χ2v) is 25.1. The first-order chi connectivity index (χ1) is 56.5. The summed E-state index contributed by atoms with van der Waals surface area (Å²) >= 11 is 0. The summed E-state index contributed by atoms with van der Waals surface area (Å²) < 4.78 is 318. The van der Waals surface area contributed by atoms with E-state index < -0.39 is 267 Å². The predicted molar refractivity (Wildman–Crippen MR) is 365 cm³/mol. The Morgan fingerprint density at radius 2 is 1.01 bits per heavy atom. The number of hydrogen-bond acceptors (Lipinski definition) is 2. The van der Waals surface area contributed by atoms with E-state index in [0.717, 1.165) is 27.9 Å². The molecule has 418 valence electrons. The first-order valence-electron chi connectivity index (χ1n) is 43.6. The van der Waals surface area contributed by atoms with Crippen LogP contribution in [0.4, 0.5) is 0 Å². The average molecular weight is 1180 g/mol. The van der Waals surface area contributed by atoms with Gasteiger partial charge in [0, 0.05) is 23.0 Å². The Morgan fingerprint density at radius 1 is 0.443 bits per heavy atom. The van der Waals surface area contributed by atoms with Crippen molar-refractivity contribution in [2.24, 2.45) is 0 Å². The van der Waals surface area contributed by atoms with Crippen molar-refractivity contribution in [1.82, 2.24) is 14.1 Å². The van der Waals surface area contributed by atoms with E-state index in [2.05, 4.69) is 27.1 Å². The van der Waals surface area contributed by atoms with Gasteiger partial charge in [-0.15, -0.1) is 0 Å². The third kappa shape index (κ3) is 8.74. The topological polar surface area (TPSA) is 35.9 Å². The number of rotatable bonds is 10. The van der Waals surface area contributed by atoms with Gasteiger partial charge >= 0.3 is 0 Å². The van der Waals surface area contributed by atoms with Gasteiger partial charge < -0.3 is 4.74 Å². The van der Waals surface area contributed by atoms with Crippen LogP contribution in [-0.2, 0) is 5.41 Å². The molecule has 6 heteroatoms. The molecule has 15 aromatic rings. The molecule has 0 spiro atoms. The van der Waals surface area contributed by atoms with Crippen LogP contribution in [0.25, 0.3) is 106 Å². The fourth-order valence-electron chi connectivity index (χ4n) is 11.7. The molecule has 1 aliphatic heterocycles. The number of benzene rings is 12. The normalized spacial score (nSPS) is 17.1. The summed E-state index contributed by atoms with van der Waals surface area (Å²) in [6.07, 6.45) is 5.08. The third-order valence-electron chi connectivity index (χ3n) is 15.7. The quantitative estimate of drug-likeness (QED) is 0.0592. The minimum atomic E-state index is -6.57. The minimum Gasteiger partial charge on any atom is -0.458 e. The second-order valence-electron chi connectivity index (χ2n) is 21.6. The van der Waals surface area contributed by atoms with Crippen LogP contribution in [0.2, 0.25) is 0 Å². The Morgan fingerprint density at radius 3 is 1.69 bits per heavy atom. The van der Waals surface area contributed by atoms with Crippen molar-refractivity contribution in [1.29, 1.82) is 0 Å². The van der Waals surface area contributed by atoms with Crippen LogP contribution in [0.5, 0.6) is 11.5 Å². The summed E-state index contributed by atoms with van der Waals surface area (Å²) in [5.74, 6) is 0.996. The molecule has 1 aliphatic rings. The first kappa shape index (κ1) is 29.0. The zero-order chi connectivity index (χ0) is 86.8. The van der Waals surface area contributed by atoms with Crippen molar-refractivity contribution in [3.8, 4) is 84.3 Å². The Labute approximate surface area is 558 Å². The number of para-hydroxylation sites is 2. The number of ether oxygens (including phenoxy) is 1. The molecule has 0 atom stereocenters. The van der Waals surface area contributed by atoms with E-state index in [0.29, 0.717) is 11.3 Å². The van der Waals surface area contributed by atoms with Gasteiger partial charge in [-0.1, -0.05) is 263 Å². The fourth-order valence-corrected chi connectivity index (χ4v) is 15.3. The van der Waals surface area contributed by atoms with Gasteiger partial charge in [0.2, 0.25) is 0 Å². The minimum absolute atomic E-state index is 0.0599. The molecule has 0 saturated carbocycles. The van der Waals surface area contributed by atoms with Crippen LogP contribution in [0.3, 0.4) is 0 Å². The van der Waals surface area contributed by atoms with Crippen molar-refractivity contribution in [2.75, 3.05) is 0 Å². The molecule has 0 radical (unpaired) electrons. The molecule has 0 fully saturated rings. The SMILES string of the molecule is [2H]c1c([2H])c([2H])c(-c2cccc3c2-[n+]2[c-]n(-c4cccc(Oc5ccc6c7ccccc7n(-c7cc(C(C)(C)C)ccn7)c6c5)c4)c4cc(-c5c([2H])c([2H])c([2H])c([Si](c6c([2H])c([2H])c([2H])c([2H])c6[2H])(c6c([2H])c([2H])c([2H])c([2H])c6[2H])c6c([2H])c([2H])c([2H])c([2H])c6[2H])c5[2H])cc(c42)-c2c([2H])c([2H])c([2H])c([2H])c2-c2c([2H])c([2H])c([2H])c([2H])c2-3)c([2H])c1[2H]. The standard InChI is InChI=1S/C82H60N4OSi/c1-82(2,3)59-47-48-83-79(52-59)86-76-44-21-20-41-72(76)73-46-45-62(54-77(73)86)87-61-29-23-28-60(53-61)84-55-85-80-67(56-25-8-4-9-26-56)42-24-43-74(80)70-39-18-16-37-68(70)69-38-17-19-40-71(69)75-50-58(51-78(84)81(75)85)57-27-22-36-66(49-57)88(63-30-10-5-11-31-63,64-32-12-6-13-33-64)65-34-14-7-15-35-65/h4-54H,1-3H3/i4D,5D,6D,7D,8D,9D,10D,11D,12D,13D,14D,15D,16D,17D,18D,19D,22D,25D,26D,27D,30D,31D,32D,33D,34D,35D,36D,37D,38D,39D,40D,49D. The lowest BCUT2D eigenvalue weighted by Gasteiger charge is -2.34. The third-order valence-corrected chi connectivity index (χ3v) is 19.7. The van der Waals surface area contributed by atoms with Crippen LogP contribution in [0.1, 0.15) is 70.2 Å². The lowest BCUT2D eigenvalue weighted by molar-refractivity contribution is -0.570. The zero-order valence-corrected chi connectivity index (χ0v) is 47.7. The molecule has 0 amide bonds. The van der Waals surface area contributed by atoms with Crippen molar-refractivity contribution in [3.05, 3.63) is 321 Å². The molecular formula is C82H60N4OSi. The molecule has 5 nitrogen and oxygen atoms in total. The highest BCUT2D eigenvalue weighted by atomic mass is 28.3. The highest BCUT2D eigenvalue weighted by Gasteiger charge is 2.41. The highest BCUT2D eigenvalue weighted by molar-refractivity contribution is 7.19. The van der Waals surface area contributed by atoms with E-state index in [9.17, 15) is 35.6 Å². The molecule has 88 heavy (non-hydrogen) atoms. The van der Waals surface area contributed by atoms with Crippen molar-refractivity contribution in [3.63, 3.8) is 0 Å². The largest absolute Gasteiger partial charge is 0.458 e. The molecule has 0 N–H and O–H groups in total. The van der Waals surface area contributed by atoms with Gasteiger partial charge in [-0.05, 0) is 142 Å². The van der Waals surface area contributed by atoms with Gasteiger partial charge in [0.1, 0.15) is 17.3 Å². The Kier molecular flexibility index (Phi) is 6.99. The fraction of sp³-hybridized carbons (Fsp3) is 0.0488. The Hall–Kier alpha value is -10.9. The van der Waals surface area contributed by atoms with Gasteiger partial charge in [-0.3, -0.25) is 13.7 Å². The number of aromatic nitrogens is 4. The van der Waals surface area contributed by atoms with E-state index in [1.165, 1.54) is 39.5 Å². The van der Waals surface area contributed by atoms with Crippen LogP contribution < -0.4 is 30.1 Å². The zero-order valence-electron chi connectivity index (χ0n) is 78.7. The van der Waals surface area contributed by atoms with Crippen LogP contribution >= 0.6 is 0 Å². The van der Waals surface area contributed by atoms with Crippen LogP contribution in [0, 0.1) is 6.33 Å². The predicted octanol–water partition coefficient (Wildman–Crippen LogP) is 17.3. The summed E-state index contributed by atoms with van der Waals surface area (Å²) in [4.78, 5) is 4.84. The van der Waals surface area contributed by atoms with Crippen LogP contribution in [0.15, 0.2) is 309 Å². The number of hydrogen-bond donors (Lipinski definition) is 0.